The number of benzene rings is 1. The molecule has 2 N–H and O–H groups in total. The zero-order valence-corrected chi connectivity index (χ0v) is 11.7. The van der Waals surface area contributed by atoms with Gasteiger partial charge in [-0.15, -0.1) is 0 Å². The van der Waals surface area contributed by atoms with E-state index in [-0.39, 0.29) is 11.7 Å². The van der Waals surface area contributed by atoms with Gasteiger partial charge in [-0.05, 0) is 30.7 Å². The first kappa shape index (κ1) is 13.9. The van der Waals surface area contributed by atoms with Crippen molar-refractivity contribution in [2.75, 3.05) is 24.3 Å². The Labute approximate surface area is 117 Å². The molecule has 1 amide bonds. The first-order chi connectivity index (χ1) is 9.49. The summed E-state index contributed by atoms with van der Waals surface area (Å²) < 4.78 is 0. The zero-order valence-electron chi connectivity index (χ0n) is 11.7. The Kier molecular flexibility index (Phi) is 3.89. The fourth-order valence-corrected chi connectivity index (χ4v) is 1.99. The molecule has 20 heavy (non-hydrogen) atoms. The summed E-state index contributed by atoms with van der Waals surface area (Å²) in [7, 11) is 3.90. The van der Waals surface area contributed by atoms with Crippen molar-refractivity contribution in [3.8, 4) is 5.75 Å². The minimum atomic E-state index is -0.299. The number of pyridine rings is 1. The lowest BCUT2D eigenvalue weighted by molar-refractivity contribution is 0.102. The molecule has 0 aliphatic carbocycles. The zero-order chi connectivity index (χ0) is 14.7. The van der Waals surface area contributed by atoms with E-state index in [4.69, 9.17) is 0 Å². The molecule has 0 fully saturated rings. The van der Waals surface area contributed by atoms with Gasteiger partial charge in [0.1, 0.15) is 5.75 Å². The van der Waals surface area contributed by atoms with Gasteiger partial charge in [-0.1, -0.05) is 6.07 Å². The molecule has 0 aliphatic rings. The van der Waals surface area contributed by atoms with Gasteiger partial charge in [-0.3, -0.25) is 9.78 Å². The molecule has 104 valence electrons. The molecule has 0 atom stereocenters. The summed E-state index contributed by atoms with van der Waals surface area (Å²) in [6.45, 7) is 1.95. The Morgan fingerprint density at radius 2 is 2.05 bits per heavy atom. The first-order valence-electron chi connectivity index (χ1n) is 6.21. The van der Waals surface area contributed by atoms with Gasteiger partial charge in [0.25, 0.3) is 5.91 Å². The predicted octanol–water partition coefficient (Wildman–Crippen LogP) is 2.41. The molecule has 2 rings (SSSR count). The number of carbonyl (C=O) groups excluding carboxylic acids is 1. The van der Waals surface area contributed by atoms with Gasteiger partial charge in [0.15, 0.2) is 0 Å². The number of aromatic nitrogens is 1. The Morgan fingerprint density at radius 3 is 2.70 bits per heavy atom. The average Bonchev–Trinajstić information content (AvgIpc) is 2.40. The van der Waals surface area contributed by atoms with Crippen LogP contribution in [0.4, 0.5) is 11.4 Å². The van der Waals surface area contributed by atoms with Crippen LogP contribution in [-0.4, -0.2) is 30.1 Å². The molecule has 0 spiro atoms. The summed E-state index contributed by atoms with van der Waals surface area (Å²) in [5, 5.41) is 12.2. The number of rotatable bonds is 3. The van der Waals surface area contributed by atoms with E-state index in [9.17, 15) is 9.90 Å². The van der Waals surface area contributed by atoms with Gasteiger partial charge in [0.2, 0.25) is 0 Å². The molecule has 0 unspecified atom stereocenters. The SMILES string of the molecule is Cc1c(NC(=O)c2cncc(O)c2)cccc1N(C)C. The summed E-state index contributed by atoms with van der Waals surface area (Å²) in [6.07, 6.45) is 2.70. The minimum absolute atomic E-state index is 0.0311. The second-order valence-corrected chi connectivity index (χ2v) is 4.73. The molecular formula is C15H17N3O2. The van der Waals surface area contributed by atoms with Crippen LogP contribution in [0.15, 0.2) is 36.7 Å². The smallest absolute Gasteiger partial charge is 0.257 e. The van der Waals surface area contributed by atoms with Crippen molar-refractivity contribution >= 4 is 17.3 Å². The number of nitrogens with zero attached hydrogens (tertiary/aromatic N) is 2. The van der Waals surface area contributed by atoms with Crippen molar-refractivity contribution in [1.82, 2.24) is 4.98 Å². The van der Waals surface area contributed by atoms with Crippen LogP contribution in [0.3, 0.4) is 0 Å². The summed E-state index contributed by atoms with van der Waals surface area (Å²) in [5.41, 5.74) is 3.08. The normalized spacial score (nSPS) is 10.2. The molecule has 0 saturated heterocycles. The van der Waals surface area contributed by atoms with Gasteiger partial charge in [0.05, 0.1) is 11.8 Å². The molecule has 0 radical (unpaired) electrons. The van der Waals surface area contributed by atoms with Crippen molar-refractivity contribution in [3.63, 3.8) is 0 Å². The predicted molar refractivity (Wildman–Crippen MR) is 79.4 cm³/mol. The van der Waals surface area contributed by atoms with Crippen LogP contribution in [-0.2, 0) is 0 Å². The first-order valence-corrected chi connectivity index (χ1v) is 6.21. The second kappa shape index (κ2) is 5.61. The average molecular weight is 271 g/mol. The van der Waals surface area contributed by atoms with Crippen LogP contribution in [0.2, 0.25) is 0 Å². The van der Waals surface area contributed by atoms with E-state index in [1.165, 1.54) is 18.5 Å². The van der Waals surface area contributed by atoms with Gasteiger partial charge >= 0.3 is 0 Å². The Balaban J connectivity index is 2.26. The standard InChI is InChI=1S/C15H17N3O2/c1-10-13(5-4-6-14(10)18(2)3)17-15(20)11-7-12(19)9-16-8-11/h4-9,19H,1-3H3,(H,17,20). The molecule has 2 aromatic rings. The van der Waals surface area contributed by atoms with E-state index in [2.05, 4.69) is 10.3 Å². The highest BCUT2D eigenvalue weighted by molar-refractivity contribution is 6.05. The number of carbonyl (C=O) groups is 1. The number of anilines is 2. The van der Waals surface area contributed by atoms with Gasteiger partial charge < -0.3 is 15.3 Å². The largest absolute Gasteiger partial charge is 0.506 e. The monoisotopic (exact) mass is 271 g/mol. The molecule has 0 aliphatic heterocycles. The number of hydrogen-bond acceptors (Lipinski definition) is 4. The van der Waals surface area contributed by atoms with E-state index < -0.39 is 0 Å². The topological polar surface area (TPSA) is 65.5 Å². The van der Waals surface area contributed by atoms with Crippen molar-refractivity contribution in [2.45, 2.75) is 6.92 Å². The third-order valence-electron chi connectivity index (χ3n) is 3.02. The molecule has 1 heterocycles. The Morgan fingerprint density at radius 1 is 1.30 bits per heavy atom. The highest BCUT2D eigenvalue weighted by atomic mass is 16.3. The van der Waals surface area contributed by atoms with Crippen molar-refractivity contribution in [2.24, 2.45) is 0 Å². The lowest BCUT2D eigenvalue weighted by atomic mass is 10.1. The van der Waals surface area contributed by atoms with Crippen molar-refractivity contribution in [1.29, 1.82) is 0 Å². The van der Waals surface area contributed by atoms with Crippen LogP contribution in [0.25, 0.3) is 0 Å². The highest BCUT2D eigenvalue weighted by Crippen LogP contribution is 2.25. The van der Waals surface area contributed by atoms with Crippen LogP contribution in [0.5, 0.6) is 5.75 Å². The summed E-state index contributed by atoms with van der Waals surface area (Å²) in [4.78, 5) is 17.9. The number of nitrogens with one attached hydrogen (secondary N) is 1. The van der Waals surface area contributed by atoms with Gasteiger partial charge in [-0.25, -0.2) is 0 Å². The van der Waals surface area contributed by atoms with Crippen molar-refractivity contribution in [3.05, 3.63) is 47.8 Å². The quantitative estimate of drug-likeness (QED) is 0.899. The Hall–Kier alpha value is -2.56. The van der Waals surface area contributed by atoms with E-state index in [0.29, 0.717) is 5.56 Å². The molecule has 1 aromatic heterocycles. The van der Waals surface area contributed by atoms with Crippen LogP contribution in [0, 0.1) is 6.92 Å². The van der Waals surface area contributed by atoms with Gasteiger partial charge in [0, 0.05) is 31.7 Å². The fraction of sp³-hybridized carbons (Fsp3) is 0.200. The highest BCUT2D eigenvalue weighted by Gasteiger charge is 2.11. The third kappa shape index (κ3) is 2.88. The maximum absolute atomic E-state index is 12.1. The molecule has 0 bridgehead atoms. The molecule has 5 heteroatoms. The maximum atomic E-state index is 12.1. The lowest BCUT2D eigenvalue weighted by Gasteiger charge is -2.18. The number of aromatic hydroxyl groups is 1. The number of amides is 1. The van der Waals surface area contributed by atoms with E-state index in [1.807, 2.05) is 44.1 Å². The molecule has 1 aromatic carbocycles. The fourth-order valence-electron chi connectivity index (χ4n) is 1.99. The molecule has 0 saturated carbocycles. The maximum Gasteiger partial charge on any atom is 0.257 e. The van der Waals surface area contributed by atoms with Gasteiger partial charge in [-0.2, -0.15) is 0 Å². The van der Waals surface area contributed by atoms with E-state index >= 15 is 0 Å². The minimum Gasteiger partial charge on any atom is -0.506 e. The van der Waals surface area contributed by atoms with Crippen LogP contribution in [0.1, 0.15) is 15.9 Å². The number of hydrogen-bond donors (Lipinski definition) is 2. The third-order valence-corrected chi connectivity index (χ3v) is 3.02. The van der Waals surface area contributed by atoms with Crippen molar-refractivity contribution < 1.29 is 9.90 Å². The molecule has 5 nitrogen and oxygen atoms in total. The van der Waals surface area contributed by atoms with Crippen LogP contribution < -0.4 is 10.2 Å². The second-order valence-electron chi connectivity index (χ2n) is 4.73. The summed E-state index contributed by atoms with van der Waals surface area (Å²) in [5.74, 6) is -0.330. The summed E-state index contributed by atoms with van der Waals surface area (Å²) in [6, 6.07) is 7.10. The van der Waals surface area contributed by atoms with E-state index in [0.717, 1.165) is 16.9 Å². The summed E-state index contributed by atoms with van der Waals surface area (Å²) >= 11 is 0. The Bertz CT molecular complexity index is 639. The molecular weight excluding hydrogens is 254 g/mol. The van der Waals surface area contributed by atoms with Crippen LogP contribution >= 0.6 is 0 Å². The van der Waals surface area contributed by atoms with E-state index in [1.54, 1.807) is 0 Å². The lowest BCUT2D eigenvalue weighted by Crippen LogP contribution is -2.15.